The SMILES string of the molecule is Oc1c(-c2c[nH]c3ccccc23)c(-c2c[nH]c3ccccc23)n(CCCn2ccnc2)c1O. The van der Waals surface area contributed by atoms with E-state index in [0.717, 1.165) is 51.6 Å². The molecule has 164 valence electrons. The van der Waals surface area contributed by atoms with Gasteiger partial charge in [0.05, 0.1) is 17.6 Å². The van der Waals surface area contributed by atoms with Gasteiger partial charge in [0.1, 0.15) is 0 Å². The molecule has 0 aliphatic carbocycles. The molecule has 33 heavy (non-hydrogen) atoms. The van der Waals surface area contributed by atoms with Gasteiger partial charge in [-0.1, -0.05) is 36.4 Å². The number of aromatic hydroxyl groups is 2. The summed E-state index contributed by atoms with van der Waals surface area (Å²) in [5.41, 5.74) is 5.18. The summed E-state index contributed by atoms with van der Waals surface area (Å²) in [7, 11) is 0. The number of para-hydroxylation sites is 2. The van der Waals surface area contributed by atoms with Crippen LogP contribution in [-0.4, -0.2) is 34.3 Å². The summed E-state index contributed by atoms with van der Waals surface area (Å²) < 4.78 is 3.82. The zero-order chi connectivity index (χ0) is 22.4. The van der Waals surface area contributed by atoms with Crippen LogP contribution in [0.4, 0.5) is 0 Å². The smallest absolute Gasteiger partial charge is 0.235 e. The molecule has 4 heterocycles. The zero-order valence-corrected chi connectivity index (χ0v) is 17.9. The summed E-state index contributed by atoms with van der Waals surface area (Å²) in [6.45, 7) is 1.29. The molecule has 7 heteroatoms. The van der Waals surface area contributed by atoms with Crippen LogP contribution in [0.2, 0.25) is 0 Å². The molecule has 0 amide bonds. The second kappa shape index (κ2) is 7.63. The van der Waals surface area contributed by atoms with Crippen LogP contribution in [0.25, 0.3) is 44.2 Å². The van der Waals surface area contributed by atoms with E-state index in [0.29, 0.717) is 12.1 Å². The summed E-state index contributed by atoms with van der Waals surface area (Å²) in [6.07, 6.45) is 10.1. The van der Waals surface area contributed by atoms with Gasteiger partial charge in [0.25, 0.3) is 0 Å². The fraction of sp³-hybridized carbons (Fsp3) is 0.115. The number of hydrogen-bond donors (Lipinski definition) is 4. The molecule has 0 saturated carbocycles. The van der Waals surface area contributed by atoms with Gasteiger partial charge < -0.3 is 29.3 Å². The summed E-state index contributed by atoms with van der Waals surface area (Å²) in [4.78, 5) is 10.7. The van der Waals surface area contributed by atoms with Crippen molar-refractivity contribution in [3.63, 3.8) is 0 Å². The first-order valence-electron chi connectivity index (χ1n) is 11.0. The maximum absolute atomic E-state index is 11.2. The number of benzene rings is 2. The summed E-state index contributed by atoms with van der Waals surface area (Å²) >= 11 is 0. The largest absolute Gasteiger partial charge is 0.503 e. The molecule has 6 aromatic rings. The van der Waals surface area contributed by atoms with Gasteiger partial charge in [0.15, 0.2) is 5.75 Å². The van der Waals surface area contributed by atoms with Crippen molar-refractivity contribution in [2.75, 3.05) is 0 Å². The van der Waals surface area contributed by atoms with Crippen LogP contribution < -0.4 is 0 Å². The fourth-order valence-electron chi connectivity index (χ4n) is 4.72. The molecule has 0 radical (unpaired) electrons. The highest BCUT2D eigenvalue weighted by atomic mass is 16.3. The topological polar surface area (TPSA) is 94.8 Å². The lowest BCUT2D eigenvalue weighted by Gasteiger charge is -2.12. The van der Waals surface area contributed by atoms with E-state index in [4.69, 9.17) is 0 Å². The molecule has 4 N–H and O–H groups in total. The molecule has 0 saturated heterocycles. The van der Waals surface area contributed by atoms with E-state index >= 15 is 0 Å². The first kappa shape index (κ1) is 19.3. The van der Waals surface area contributed by atoms with Gasteiger partial charge in [0, 0.05) is 70.8 Å². The number of rotatable bonds is 6. The average Bonchev–Trinajstić information content (AvgIpc) is 3.62. The summed E-state index contributed by atoms with van der Waals surface area (Å²) in [5, 5.41) is 24.3. The number of imidazole rings is 1. The molecule has 0 unspecified atom stereocenters. The van der Waals surface area contributed by atoms with Gasteiger partial charge in [-0.2, -0.15) is 0 Å². The van der Waals surface area contributed by atoms with Crippen molar-refractivity contribution >= 4 is 21.8 Å². The van der Waals surface area contributed by atoms with Crippen LogP contribution in [0.1, 0.15) is 6.42 Å². The molecule has 0 fully saturated rings. The molecule has 0 aliphatic heterocycles. The predicted molar refractivity (Wildman–Crippen MR) is 129 cm³/mol. The van der Waals surface area contributed by atoms with Crippen molar-refractivity contribution in [3.05, 3.63) is 79.6 Å². The Morgan fingerprint density at radius 3 is 2.18 bits per heavy atom. The van der Waals surface area contributed by atoms with Crippen LogP contribution in [-0.2, 0) is 13.1 Å². The van der Waals surface area contributed by atoms with E-state index < -0.39 is 0 Å². The van der Waals surface area contributed by atoms with Crippen LogP contribution in [0, 0.1) is 0 Å². The van der Waals surface area contributed by atoms with E-state index in [9.17, 15) is 10.2 Å². The van der Waals surface area contributed by atoms with Crippen LogP contribution in [0.3, 0.4) is 0 Å². The number of nitrogens with zero attached hydrogens (tertiary/aromatic N) is 3. The molecule has 0 atom stereocenters. The van der Waals surface area contributed by atoms with Crippen LogP contribution in [0.5, 0.6) is 11.6 Å². The zero-order valence-electron chi connectivity index (χ0n) is 17.9. The minimum atomic E-state index is -0.124. The number of aromatic nitrogens is 5. The van der Waals surface area contributed by atoms with Gasteiger partial charge in [-0.15, -0.1) is 0 Å². The minimum Gasteiger partial charge on any atom is -0.503 e. The van der Waals surface area contributed by atoms with Crippen LogP contribution >= 0.6 is 0 Å². The molecule has 7 nitrogen and oxygen atoms in total. The van der Waals surface area contributed by atoms with Gasteiger partial charge >= 0.3 is 0 Å². The number of fused-ring (bicyclic) bond motifs is 2. The molecule has 0 spiro atoms. The van der Waals surface area contributed by atoms with E-state index in [1.165, 1.54) is 0 Å². The number of H-pyrrole nitrogens is 2. The lowest BCUT2D eigenvalue weighted by molar-refractivity contribution is 0.369. The Balaban J connectivity index is 1.56. The van der Waals surface area contributed by atoms with Crippen molar-refractivity contribution in [1.29, 1.82) is 0 Å². The Morgan fingerprint density at radius 1 is 0.818 bits per heavy atom. The Morgan fingerprint density at radius 2 is 1.48 bits per heavy atom. The normalized spacial score (nSPS) is 11.6. The highest BCUT2D eigenvalue weighted by Gasteiger charge is 2.27. The second-order valence-electron chi connectivity index (χ2n) is 8.20. The third kappa shape index (κ3) is 3.09. The quantitative estimate of drug-likeness (QED) is 0.278. The first-order chi connectivity index (χ1) is 16.2. The number of hydrogen-bond acceptors (Lipinski definition) is 3. The predicted octanol–water partition coefficient (Wildman–Crippen LogP) is 5.48. The first-order valence-corrected chi connectivity index (χ1v) is 11.0. The Labute approximate surface area is 189 Å². The third-order valence-electron chi connectivity index (χ3n) is 6.27. The Kier molecular flexibility index (Phi) is 4.47. The Hall–Kier alpha value is -4.39. The Bertz CT molecular complexity index is 1570. The van der Waals surface area contributed by atoms with E-state index in [1.807, 2.05) is 70.2 Å². The number of aromatic amines is 2. The molecule has 6 rings (SSSR count). The second-order valence-corrected chi connectivity index (χ2v) is 8.20. The number of nitrogens with one attached hydrogen (secondary N) is 2. The molecule has 0 aliphatic rings. The lowest BCUT2D eigenvalue weighted by atomic mass is 9.99. The average molecular weight is 438 g/mol. The maximum Gasteiger partial charge on any atom is 0.235 e. The highest BCUT2D eigenvalue weighted by Crippen LogP contribution is 2.50. The van der Waals surface area contributed by atoms with Gasteiger partial charge in [-0.25, -0.2) is 4.98 Å². The minimum absolute atomic E-state index is 0.109. The summed E-state index contributed by atoms with van der Waals surface area (Å²) in [6, 6.07) is 16.0. The van der Waals surface area contributed by atoms with Crippen molar-refractivity contribution in [2.24, 2.45) is 0 Å². The van der Waals surface area contributed by atoms with Crippen LogP contribution in [0.15, 0.2) is 79.6 Å². The lowest BCUT2D eigenvalue weighted by Crippen LogP contribution is -2.04. The van der Waals surface area contributed by atoms with Crippen molar-refractivity contribution in [2.45, 2.75) is 19.5 Å². The monoisotopic (exact) mass is 437 g/mol. The highest BCUT2D eigenvalue weighted by molar-refractivity contribution is 6.06. The fourth-order valence-corrected chi connectivity index (χ4v) is 4.72. The van der Waals surface area contributed by atoms with Gasteiger partial charge in [0.2, 0.25) is 5.88 Å². The van der Waals surface area contributed by atoms with E-state index in [-0.39, 0.29) is 11.6 Å². The molecule has 2 aromatic carbocycles. The van der Waals surface area contributed by atoms with Crippen molar-refractivity contribution in [1.82, 2.24) is 24.1 Å². The van der Waals surface area contributed by atoms with Gasteiger partial charge in [-0.3, -0.25) is 0 Å². The standard InChI is InChI=1S/C26H23N5O2/c32-25-23(19-14-28-21-8-3-1-6-17(19)21)24(20-15-29-22-9-4-2-7-18(20)22)31(26(25)33)12-5-11-30-13-10-27-16-30/h1-4,6-10,13-16,28-29,32-33H,5,11-12H2. The molecule has 4 aromatic heterocycles. The van der Waals surface area contributed by atoms with Gasteiger partial charge in [-0.05, 0) is 18.6 Å². The molecular formula is C26H23N5O2. The molecule has 0 bridgehead atoms. The van der Waals surface area contributed by atoms with E-state index in [2.05, 4.69) is 21.0 Å². The van der Waals surface area contributed by atoms with Crippen molar-refractivity contribution in [3.8, 4) is 34.0 Å². The maximum atomic E-state index is 11.2. The third-order valence-corrected chi connectivity index (χ3v) is 6.27. The summed E-state index contributed by atoms with van der Waals surface area (Å²) in [5.74, 6) is -0.233. The van der Waals surface area contributed by atoms with Crippen molar-refractivity contribution < 1.29 is 10.2 Å². The molecular weight excluding hydrogens is 414 g/mol. The van der Waals surface area contributed by atoms with E-state index in [1.54, 1.807) is 12.5 Å². The number of aryl methyl sites for hydroxylation is 1.